The van der Waals surface area contributed by atoms with Gasteiger partial charge in [0.2, 0.25) is 5.43 Å². The van der Waals surface area contributed by atoms with Gasteiger partial charge in [0.1, 0.15) is 29.8 Å². The number of carbonyl (C=O) groups excluding carboxylic acids is 3. The number of piperazine rings is 1. The third-order valence-electron chi connectivity index (χ3n) is 10.1. The molecule has 2 heterocycles. The summed E-state index contributed by atoms with van der Waals surface area (Å²) in [7, 11) is 1.41. The molecule has 3 atom stereocenters. The maximum absolute atomic E-state index is 15.9. The number of carbonyl (C=O) groups is 4. The summed E-state index contributed by atoms with van der Waals surface area (Å²) in [5, 5.41) is 12.3. The lowest BCUT2D eigenvalue weighted by molar-refractivity contribution is -0.156. The number of hydrogen-bond donors (Lipinski definition) is 2. The summed E-state index contributed by atoms with van der Waals surface area (Å²) < 4.78 is 54.7. The fraction of sp³-hybridized carbons (Fsp3) is 0.405. The summed E-state index contributed by atoms with van der Waals surface area (Å²) in [6.07, 6.45) is 0.547. The molecule has 0 amide bonds. The quantitative estimate of drug-likeness (QED) is 0.105. The molecule has 15 heteroatoms. The highest BCUT2D eigenvalue weighted by molar-refractivity contribution is 5.98. The molecule has 13 nitrogen and oxygen atoms in total. The van der Waals surface area contributed by atoms with Crippen molar-refractivity contribution >= 4 is 40.5 Å². The topological polar surface area (TPSA) is 163 Å². The minimum Gasteiger partial charge on any atom is -0.492 e. The van der Waals surface area contributed by atoms with E-state index >= 15 is 8.78 Å². The third-order valence-corrected chi connectivity index (χ3v) is 10.1. The van der Waals surface area contributed by atoms with Gasteiger partial charge in [0, 0.05) is 49.9 Å². The second kappa shape index (κ2) is 18.0. The number of halogens is 2. The van der Waals surface area contributed by atoms with Crippen molar-refractivity contribution in [3.63, 3.8) is 0 Å². The number of ether oxygens (including phenoxy) is 4. The van der Waals surface area contributed by atoms with Crippen LogP contribution >= 0.6 is 0 Å². The van der Waals surface area contributed by atoms with E-state index in [1.54, 1.807) is 47.9 Å². The molecule has 1 aromatic heterocycles. The number of aliphatic carboxylic acids is 1. The van der Waals surface area contributed by atoms with Crippen molar-refractivity contribution < 1.29 is 52.0 Å². The van der Waals surface area contributed by atoms with Gasteiger partial charge in [-0.2, -0.15) is 0 Å². The molecule has 3 unspecified atom stereocenters. The highest BCUT2D eigenvalue weighted by Gasteiger charge is 2.33. The first kappa shape index (κ1) is 40.8. The third kappa shape index (κ3) is 9.59. The molecule has 302 valence electrons. The first-order chi connectivity index (χ1) is 27.4. The zero-order valence-corrected chi connectivity index (χ0v) is 31.9. The summed E-state index contributed by atoms with van der Waals surface area (Å²) in [5.74, 6) is -5.73. The molecule has 1 saturated carbocycles. The number of methoxy groups -OCH3 is 1. The first-order valence-corrected chi connectivity index (χ1v) is 18.9. The average Bonchev–Trinajstić information content (AvgIpc) is 4.04. The number of fused-ring (bicyclic) bond motifs is 1. The number of hydrogen-bond acceptors (Lipinski definition) is 11. The largest absolute Gasteiger partial charge is 0.492 e. The van der Waals surface area contributed by atoms with E-state index in [0.29, 0.717) is 41.8 Å². The Balaban J connectivity index is 1.17. The number of esters is 3. The van der Waals surface area contributed by atoms with Crippen molar-refractivity contribution in [2.75, 3.05) is 44.9 Å². The zero-order valence-electron chi connectivity index (χ0n) is 31.9. The fourth-order valence-electron chi connectivity index (χ4n) is 6.93. The standard InChI is InChI=1S/C42H45F2N3O10/c1-24-21-46(17-16-45-24)38-34(44)20-31-37(40(38)54-3)47(28-10-11-28)22-32(39(31)51)42(53)56-23-29(57-36(50)14-13-35(48)49)15-18-55-41(52)25(2)27-9-12-30(33(43)19-27)26-7-5-4-6-8-26/h4-9,12,19-20,22,24-25,28-29,45H,10-11,13-18,21,23H2,1-3H3,(H,48,49). The predicted octanol–water partition coefficient (Wildman–Crippen LogP) is 5.76. The van der Waals surface area contributed by atoms with E-state index in [2.05, 4.69) is 5.32 Å². The molecular formula is C42H45F2N3O10. The first-order valence-electron chi connectivity index (χ1n) is 18.9. The molecule has 6 rings (SSSR count). The average molecular weight is 790 g/mol. The molecule has 2 aliphatic rings. The van der Waals surface area contributed by atoms with Crippen LogP contribution in [0.2, 0.25) is 0 Å². The van der Waals surface area contributed by atoms with E-state index in [1.807, 2.05) is 17.9 Å². The van der Waals surface area contributed by atoms with Crippen molar-refractivity contribution in [2.45, 2.75) is 70.1 Å². The van der Waals surface area contributed by atoms with E-state index in [1.165, 1.54) is 19.4 Å². The Hall–Kier alpha value is -5.83. The number of carboxylic acids is 1. The van der Waals surface area contributed by atoms with Crippen LogP contribution in [-0.4, -0.2) is 85.7 Å². The zero-order chi connectivity index (χ0) is 40.8. The summed E-state index contributed by atoms with van der Waals surface area (Å²) in [4.78, 5) is 65.9. The lowest BCUT2D eigenvalue weighted by Gasteiger charge is -2.35. The second-order valence-corrected chi connectivity index (χ2v) is 14.3. The maximum atomic E-state index is 15.9. The van der Waals surface area contributed by atoms with Gasteiger partial charge in [-0.25, -0.2) is 13.6 Å². The van der Waals surface area contributed by atoms with Crippen LogP contribution in [0.25, 0.3) is 22.0 Å². The molecule has 0 radical (unpaired) electrons. The van der Waals surface area contributed by atoms with Crippen LogP contribution in [0.15, 0.2) is 65.6 Å². The Kier molecular flexibility index (Phi) is 12.9. The van der Waals surface area contributed by atoms with Gasteiger partial charge in [-0.3, -0.25) is 19.2 Å². The SMILES string of the molecule is COc1c(N2CCNC(C)C2)c(F)cc2c(=O)c(C(=O)OCC(CCOC(=O)C(C)c3ccc(-c4ccccc4)c(F)c3)OC(=O)CCC(=O)O)cn(C3CC3)c12. The van der Waals surface area contributed by atoms with Crippen LogP contribution in [0, 0.1) is 11.6 Å². The Morgan fingerprint density at radius 1 is 1.00 bits per heavy atom. The molecular weight excluding hydrogens is 744 g/mol. The van der Waals surface area contributed by atoms with Crippen molar-refractivity contribution in [3.8, 4) is 16.9 Å². The number of carboxylic acid groups (broad SMARTS) is 1. The number of rotatable bonds is 16. The molecule has 57 heavy (non-hydrogen) atoms. The highest BCUT2D eigenvalue weighted by atomic mass is 19.1. The molecule has 1 aliphatic carbocycles. The highest BCUT2D eigenvalue weighted by Crippen LogP contribution is 2.44. The number of nitrogens with one attached hydrogen (secondary N) is 1. The van der Waals surface area contributed by atoms with Crippen molar-refractivity contribution in [2.24, 2.45) is 0 Å². The molecule has 2 fully saturated rings. The van der Waals surface area contributed by atoms with E-state index in [-0.39, 0.29) is 47.5 Å². The summed E-state index contributed by atoms with van der Waals surface area (Å²) in [6.45, 7) is 4.32. The van der Waals surface area contributed by atoms with Crippen molar-refractivity contribution in [1.82, 2.24) is 9.88 Å². The number of pyridine rings is 1. The van der Waals surface area contributed by atoms with Crippen LogP contribution in [0.5, 0.6) is 5.75 Å². The lowest BCUT2D eigenvalue weighted by atomic mass is 9.97. The Morgan fingerprint density at radius 3 is 2.42 bits per heavy atom. The van der Waals surface area contributed by atoms with Gasteiger partial charge in [0.15, 0.2) is 11.6 Å². The van der Waals surface area contributed by atoms with E-state index in [9.17, 15) is 24.0 Å². The van der Waals surface area contributed by atoms with Gasteiger partial charge < -0.3 is 38.8 Å². The lowest BCUT2D eigenvalue weighted by Crippen LogP contribution is -2.49. The van der Waals surface area contributed by atoms with Gasteiger partial charge in [0.05, 0.1) is 43.4 Å². The van der Waals surface area contributed by atoms with Gasteiger partial charge >= 0.3 is 23.9 Å². The van der Waals surface area contributed by atoms with Crippen LogP contribution in [0.1, 0.15) is 73.8 Å². The molecule has 2 N–H and O–H groups in total. The molecule has 0 spiro atoms. The van der Waals surface area contributed by atoms with Crippen molar-refractivity contribution in [3.05, 3.63) is 93.8 Å². The smallest absolute Gasteiger partial charge is 0.343 e. The normalized spacial score (nSPS) is 16.4. The van der Waals surface area contributed by atoms with Crippen molar-refractivity contribution in [1.29, 1.82) is 0 Å². The number of benzene rings is 3. The molecule has 3 aromatic carbocycles. The Bertz CT molecular complexity index is 2210. The fourth-order valence-corrected chi connectivity index (χ4v) is 6.93. The molecule has 0 bridgehead atoms. The van der Waals surface area contributed by atoms with Gasteiger partial charge in [-0.15, -0.1) is 0 Å². The number of aromatic nitrogens is 1. The number of anilines is 1. The Morgan fingerprint density at radius 2 is 1.75 bits per heavy atom. The van der Waals surface area contributed by atoms with Gasteiger partial charge in [-0.05, 0) is 49.9 Å². The predicted molar refractivity (Wildman–Crippen MR) is 206 cm³/mol. The van der Waals surface area contributed by atoms with Gasteiger partial charge in [0.25, 0.3) is 0 Å². The molecule has 1 aliphatic heterocycles. The van der Waals surface area contributed by atoms with Crippen LogP contribution in [0.4, 0.5) is 14.5 Å². The summed E-state index contributed by atoms with van der Waals surface area (Å²) >= 11 is 0. The minimum atomic E-state index is -1.22. The van der Waals surface area contributed by atoms with E-state index in [4.69, 9.17) is 24.1 Å². The second-order valence-electron chi connectivity index (χ2n) is 14.3. The molecule has 1 saturated heterocycles. The number of nitrogens with zero attached hydrogens (tertiary/aromatic N) is 2. The summed E-state index contributed by atoms with van der Waals surface area (Å²) in [5.41, 5.74) is 0.871. The van der Waals surface area contributed by atoms with Gasteiger partial charge in [-0.1, -0.05) is 42.5 Å². The van der Waals surface area contributed by atoms with Crippen LogP contribution in [-0.2, 0) is 28.6 Å². The van der Waals surface area contributed by atoms with Crippen LogP contribution < -0.4 is 20.4 Å². The van der Waals surface area contributed by atoms with Crippen LogP contribution in [0.3, 0.4) is 0 Å². The minimum absolute atomic E-state index is 0.0649. The van der Waals surface area contributed by atoms with E-state index < -0.39 is 72.4 Å². The monoisotopic (exact) mass is 789 g/mol. The maximum Gasteiger partial charge on any atom is 0.343 e. The summed E-state index contributed by atoms with van der Waals surface area (Å²) in [6, 6.07) is 14.5. The molecule has 4 aromatic rings. The van der Waals surface area contributed by atoms with E-state index in [0.717, 1.165) is 18.9 Å². The Labute approximate surface area is 327 Å².